The van der Waals surface area contributed by atoms with Crippen molar-refractivity contribution in [3.8, 4) is 0 Å². The van der Waals surface area contributed by atoms with Gasteiger partial charge in [-0.3, -0.25) is 0 Å². The number of nitrogens with one attached hydrogen (secondary N) is 1. The molecule has 0 spiro atoms. The third-order valence-electron chi connectivity index (χ3n) is 6.97. The molecule has 2 heterocycles. The fourth-order valence-corrected chi connectivity index (χ4v) is 8.75. The molecule has 1 aromatic rings. The molecule has 2 nitrogen and oxygen atoms in total. The first-order valence-electron chi connectivity index (χ1n) is 10.8. The van der Waals surface area contributed by atoms with E-state index in [0.29, 0.717) is 13.0 Å². The van der Waals surface area contributed by atoms with Crippen LogP contribution in [0.25, 0.3) is 0 Å². The van der Waals surface area contributed by atoms with Crippen LogP contribution in [0.15, 0.2) is 30.3 Å². The van der Waals surface area contributed by atoms with Gasteiger partial charge in [-0.05, 0) is 36.7 Å². The average molecular weight is 371 g/mol. The molecule has 0 aliphatic carbocycles. The van der Waals surface area contributed by atoms with E-state index in [0.717, 1.165) is 17.2 Å². The molecule has 2 aliphatic rings. The lowest BCUT2D eigenvalue weighted by Gasteiger charge is -2.41. The van der Waals surface area contributed by atoms with Crippen molar-refractivity contribution >= 4 is 15.0 Å². The van der Waals surface area contributed by atoms with Crippen LogP contribution in [0.1, 0.15) is 57.1 Å². The van der Waals surface area contributed by atoms with Crippen LogP contribution in [-0.2, 0) is 4.65 Å². The molecule has 0 saturated carbocycles. The summed E-state index contributed by atoms with van der Waals surface area (Å²) in [5, 5.41) is 3.47. The van der Waals surface area contributed by atoms with Crippen molar-refractivity contribution in [1.29, 1.82) is 0 Å². The molecule has 144 valence electrons. The largest absolute Gasteiger partial charge is 0.427 e. The van der Waals surface area contributed by atoms with E-state index in [4.69, 9.17) is 4.65 Å². The van der Waals surface area contributed by atoms with E-state index in [-0.39, 0.29) is 6.10 Å². The van der Waals surface area contributed by atoms with Gasteiger partial charge < -0.3 is 9.97 Å². The molecule has 2 saturated heterocycles. The highest BCUT2D eigenvalue weighted by Gasteiger charge is 2.50. The molecule has 0 unspecified atom stereocenters. The van der Waals surface area contributed by atoms with Crippen LogP contribution < -0.4 is 5.32 Å². The summed E-state index contributed by atoms with van der Waals surface area (Å²) in [4.78, 5) is 0. The van der Waals surface area contributed by atoms with Crippen LogP contribution in [-0.4, -0.2) is 28.1 Å². The van der Waals surface area contributed by atoms with E-state index >= 15 is 0 Å². The predicted octanol–water partition coefficient (Wildman–Crippen LogP) is 5.95. The van der Waals surface area contributed by atoms with E-state index in [9.17, 15) is 0 Å². The molecule has 0 radical (unpaired) electrons. The van der Waals surface area contributed by atoms with Gasteiger partial charge in [0.2, 0.25) is 0 Å². The fraction of sp³-hybridized carbons (Fsp3) is 0.727. The molecule has 3 rings (SSSR count). The summed E-state index contributed by atoms with van der Waals surface area (Å²) in [6.45, 7) is 10.4. The highest BCUT2D eigenvalue weighted by Crippen LogP contribution is 2.51. The Balaban J connectivity index is 1.94. The Morgan fingerprint density at radius 1 is 1.04 bits per heavy atom. The Morgan fingerprint density at radius 2 is 1.65 bits per heavy atom. The van der Waals surface area contributed by atoms with Gasteiger partial charge in [-0.1, -0.05) is 88.5 Å². The van der Waals surface area contributed by atoms with Gasteiger partial charge in [0.1, 0.15) is 0 Å². The number of hydrogen-bond donors (Lipinski definition) is 1. The molecule has 0 aromatic heterocycles. The highest BCUT2D eigenvalue weighted by molar-refractivity contribution is 6.88. The van der Waals surface area contributed by atoms with Crippen molar-refractivity contribution in [1.82, 2.24) is 5.32 Å². The maximum atomic E-state index is 7.14. The lowest BCUT2D eigenvalue weighted by Crippen LogP contribution is -2.47. The maximum Gasteiger partial charge on any atom is 0.297 e. The predicted molar refractivity (Wildman–Crippen MR) is 117 cm³/mol. The Labute approximate surface area is 162 Å². The molecular weight excluding hydrogens is 333 g/mol. The Bertz CT molecular complexity index is 551. The first kappa shape index (κ1) is 20.2. The number of benzene rings is 1. The quantitative estimate of drug-likeness (QED) is 0.624. The van der Waals surface area contributed by atoms with Gasteiger partial charge in [0, 0.05) is 14.1 Å². The van der Waals surface area contributed by atoms with Crippen molar-refractivity contribution in [3.05, 3.63) is 35.9 Å². The first-order chi connectivity index (χ1) is 12.4. The maximum absolute atomic E-state index is 7.14. The third-order valence-corrected chi connectivity index (χ3v) is 9.77. The van der Waals surface area contributed by atoms with Crippen LogP contribution in [0.2, 0.25) is 30.9 Å². The zero-order valence-corrected chi connectivity index (χ0v) is 18.5. The van der Waals surface area contributed by atoms with E-state index in [2.05, 4.69) is 69.3 Å². The zero-order chi connectivity index (χ0) is 18.7. The molecule has 2 fully saturated rings. The van der Waals surface area contributed by atoms with E-state index in [1.807, 2.05) is 0 Å². The summed E-state index contributed by atoms with van der Waals surface area (Å²) in [5.74, 6) is 1.65. The molecular formula is C22H38BNOSi. The lowest BCUT2D eigenvalue weighted by atomic mass is 9.50. The fourth-order valence-electron chi connectivity index (χ4n) is 5.67. The molecule has 2 aliphatic heterocycles. The van der Waals surface area contributed by atoms with Gasteiger partial charge in [-0.2, -0.15) is 0 Å². The minimum absolute atomic E-state index is 0.143. The smallest absolute Gasteiger partial charge is 0.297 e. The van der Waals surface area contributed by atoms with Gasteiger partial charge in [0.05, 0.1) is 6.10 Å². The minimum Gasteiger partial charge on any atom is -0.427 e. The van der Waals surface area contributed by atoms with Crippen molar-refractivity contribution < 1.29 is 4.65 Å². The number of hydrogen-bond acceptors (Lipinski definition) is 2. The summed E-state index contributed by atoms with van der Waals surface area (Å²) < 4.78 is 7.14. The molecule has 4 heteroatoms. The average Bonchev–Trinajstić information content (AvgIpc) is 2.87. The number of likely N-dealkylation sites (N-methyl/N-ethyl adjacent to an activating group) is 1. The van der Waals surface area contributed by atoms with E-state index in [1.54, 1.807) is 0 Å². The summed E-state index contributed by atoms with van der Waals surface area (Å²) in [7, 11) is 0.765. The molecule has 26 heavy (non-hydrogen) atoms. The number of fused-ring (bicyclic) bond motifs is 3. The monoisotopic (exact) mass is 371 g/mol. The highest BCUT2D eigenvalue weighted by atomic mass is 28.3. The van der Waals surface area contributed by atoms with Crippen LogP contribution in [0.4, 0.5) is 0 Å². The minimum atomic E-state index is -1.30. The van der Waals surface area contributed by atoms with Crippen molar-refractivity contribution in [2.24, 2.45) is 5.92 Å². The summed E-state index contributed by atoms with van der Waals surface area (Å²) in [5.41, 5.74) is 2.12. The lowest BCUT2D eigenvalue weighted by molar-refractivity contribution is 0.158. The standard InChI is InChI=1S/C22H38BNOSi/c1-17(24-2)21(18-11-7-6-8-12-18)25-23-20-15-9-13-19(14-10-16-20)22(23)26(3,4)5/h6-8,11-12,17,19-22,24H,9-10,13-16H2,1-5H3/t17-,19-,20-,21+,22+/m1/s1. The van der Waals surface area contributed by atoms with Crippen LogP contribution in [0.3, 0.4) is 0 Å². The topological polar surface area (TPSA) is 21.3 Å². The summed E-state index contributed by atoms with van der Waals surface area (Å²) in [6.07, 6.45) is 8.58. The van der Waals surface area contributed by atoms with Crippen molar-refractivity contribution in [3.63, 3.8) is 0 Å². The first-order valence-corrected chi connectivity index (χ1v) is 14.4. The van der Waals surface area contributed by atoms with Crippen LogP contribution in [0.5, 0.6) is 0 Å². The number of rotatable bonds is 6. The Kier molecular flexibility index (Phi) is 6.69. The Morgan fingerprint density at radius 3 is 2.19 bits per heavy atom. The normalized spacial score (nSPS) is 29.1. The second-order valence-electron chi connectivity index (χ2n) is 9.78. The van der Waals surface area contributed by atoms with Gasteiger partial charge in [0.15, 0.2) is 0 Å². The van der Waals surface area contributed by atoms with E-state index in [1.165, 1.54) is 44.1 Å². The zero-order valence-electron chi connectivity index (χ0n) is 17.5. The van der Waals surface area contributed by atoms with E-state index < -0.39 is 8.07 Å². The summed E-state index contributed by atoms with van der Waals surface area (Å²) >= 11 is 0. The van der Waals surface area contributed by atoms with Gasteiger partial charge in [-0.15, -0.1) is 0 Å². The van der Waals surface area contributed by atoms with Crippen LogP contribution >= 0.6 is 0 Å². The molecule has 2 bridgehead atoms. The molecule has 1 aromatic carbocycles. The van der Waals surface area contributed by atoms with Gasteiger partial charge in [0.25, 0.3) is 6.92 Å². The second-order valence-corrected chi connectivity index (χ2v) is 15.2. The summed E-state index contributed by atoms with van der Waals surface area (Å²) in [6, 6.07) is 11.2. The molecule has 0 amide bonds. The molecule has 3 atom stereocenters. The van der Waals surface area contributed by atoms with Crippen molar-refractivity contribution in [2.45, 2.75) is 88.5 Å². The van der Waals surface area contributed by atoms with Gasteiger partial charge >= 0.3 is 0 Å². The third kappa shape index (κ3) is 4.45. The second kappa shape index (κ2) is 8.62. The van der Waals surface area contributed by atoms with Crippen molar-refractivity contribution in [2.75, 3.05) is 7.05 Å². The SMILES string of the molecule is CN[C@H](C)[C@H](OB1[C@H]2CCC[C@@H](CCC2)[C@@H]1[Si](C)(C)C)c1ccccc1. The Hall–Kier alpha value is -0.578. The van der Waals surface area contributed by atoms with Crippen LogP contribution in [0, 0.1) is 5.92 Å². The van der Waals surface area contributed by atoms with Gasteiger partial charge in [-0.25, -0.2) is 0 Å². The molecule has 1 N–H and O–H groups in total.